The Morgan fingerprint density at radius 3 is 2.16 bits per heavy atom. The van der Waals surface area contributed by atoms with Gasteiger partial charge in [-0.15, -0.1) is 11.3 Å². The van der Waals surface area contributed by atoms with Crippen molar-refractivity contribution in [3.63, 3.8) is 0 Å². The highest BCUT2D eigenvalue weighted by Crippen LogP contribution is 2.45. The van der Waals surface area contributed by atoms with E-state index in [9.17, 15) is 31.4 Å². The molecule has 3 nitrogen and oxygen atoms in total. The number of thiazole rings is 1. The van der Waals surface area contributed by atoms with E-state index < -0.39 is 33.9 Å². The number of hydrogen-bond donors (Lipinski definition) is 2. The van der Waals surface area contributed by atoms with Crippen LogP contribution in [0.4, 0.5) is 26.3 Å². The molecule has 1 aromatic heterocycles. The van der Waals surface area contributed by atoms with E-state index in [2.05, 4.69) is 4.98 Å². The fourth-order valence-electron chi connectivity index (χ4n) is 1.41. The summed E-state index contributed by atoms with van der Waals surface area (Å²) in [5.74, 6) is 0. The van der Waals surface area contributed by atoms with E-state index in [1.54, 1.807) is 0 Å². The second-order valence-electron chi connectivity index (χ2n) is 3.81. The van der Waals surface area contributed by atoms with Gasteiger partial charge in [0.05, 0.1) is 4.88 Å². The fourth-order valence-corrected chi connectivity index (χ4v) is 2.37. The van der Waals surface area contributed by atoms with E-state index >= 15 is 0 Å². The van der Waals surface area contributed by atoms with Crippen molar-refractivity contribution >= 4 is 11.3 Å². The van der Waals surface area contributed by atoms with Gasteiger partial charge >= 0.3 is 12.4 Å². The minimum Gasteiger partial charge on any atom is -0.374 e. The zero-order chi connectivity index (χ0) is 15.1. The van der Waals surface area contributed by atoms with Crippen LogP contribution in [0, 0.1) is 0 Å². The zero-order valence-electron chi connectivity index (χ0n) is 9.51. The lowest BCUT2D eigenvalue weighted by Crippen LogP contribution is -2.54. The number of aromatic nitrogens is 1. The van der Waals surface area contributed by atoms with Crippen molar-refractivity contribution in [1.29, 1.82) is 0 Å². The summed E-state index contributed by atoms with van der Waals surface area (Å²) in [6, 6.07) is -1.78. The molecular formula is C9H10F6N2OS. The lowest BCUT2D eigenvalue weighted by atomic mass is 9.91. The third-order valence-electron chi connectivity index (χ3n) is 2.53. The molecule has 3 N–H and O–H groups in total. The van der Waals surface area contributed by atoms with E-state index in [1.807, 2.05) is 0 Å². The van der Waals surface area contributed by atoms with Gasteiger partial charge in [-0.25, -0.2) is 4.98 Å². The summed E-state index contributed by atoms with van der Waals surface area (Å²) < 4.78 is 75.7. The lowest BCUT2D eigenvalue weighted by molar-refractivity contribution is -0.273. The zero-order valence-corrected chi connectivity index (χ0v) is 10.3. The van der Waals surface area contributed by atoms with Crippen molar-refractivity contribution in [2.24, 2.45) is 5.73 Å². The molecule has 0 spiro atoms. The van der Waals surface area contributed by atoms with E-state index in [0.29, 0.717) is 6.20 Å². The summed E-state index contributed by atoms with van der Waals surface area (Å²) in [7, 11) is 0. The smallest absolute Gasteiger partial charge is 0.374 e. The highest BCUT2D eigenvalue weighted by Gasteiger charge is 2.59. The van der Waals surface area contributed by atoms with Crippen molar-refractivity contribution < 1.29 is 31.4 Å². The van der Waals surface area contributed by atoms with Crippen LogP contribution >= 0.6 is 11.3 Å². The molecule has 0 saturated carbocycles. The van der Waals surface area contributed by atoms with Crippen LogP contribution in [-0.4, -0.2) is 22.3 Å². The Morgan fingerprint density at radius 2 is 1.84 bits per heavy atom. The van der Waals surface area contributed by atoms with E-state index in [4.69, 9.17) is 5.73 Å². The maximum atomic E-state index is 12.9. The van der Waals surface area contributed by atoms with Gasteiger partial charge in [0.2, 0.25) is 5.60 Å². The molecule has 2 unspecified atom stereocenters. The molecule has 0 fully saturated rings. The normalized spacial score (nSPS) is 18.2. The number of alkyl halides is 6. The number of rotatable bonds is 3. The number of nitrogens with two attached hydrogens (primary N) is 1. The van der Waals surface area contributed by atoms with Crippen LogP contribution in [0.15, 0.2) is 6.20 Å². The molecule has 19 heavy (non-hydrogen) atoms. The van der Waals surface area contributed by atoms with Gasteiger partial charge in [-0.2, -0.15) is 26.3 Å². The van der Waals surface area contributed by atoms with Gasteiger partial charge in [0.25, 0.3) is 0 Å². The van der Waals surface area contributed by atoms with Crippen molar-refractivity contribution in [3.05, 3.63) is 16.1 Å². The molecule has 10 heteroatoms. The number of hydrogen-bond acceptors (Lipinski definition) is 4. The molecule has 0 radical (unpaired) electrons. The molecule has 0 saturated heterocycles. The summed E-state index contributed by atoms with van der Waals surface area (Å²) in [6.07, 6.45) is -9.98. The monoisotopic (exact) mass is 308 g/mol. The first-order valence-corrected chi connectivity index (χ1v) is 5.84. The minimum atomic E-state index is -5.20. The summed E-state index contributed by atoms with van der Waals surface area (Å²) in [5.41, 5.74) is 1.68. The Balaban J connectivity index is 3.32. The number of nitrogens with zero attached hydrogens (tertiary/aromatic N) is 1. The summed E-state index contributed by atoms with van der Waals surface area (Å²) in [6.45, 7) is 1.28. The second-order valence-corrected chi connectivity index (χ2v) is 4.84. The Kier molecular flexibility index (Phi) is 4.18. The Bertz CT molecular complexity index is 443. The van der Waals surface area contributed by atoms with E-state index in [1.165, 1.54) is 6.92 Å². The van der Waals surface area contributed by atoms with Crippen LogP contribution in [0.3, 0.4) is 0 Å². The predicted molar refractivity (Wildman–Crippen MR) is 55.3 cm³/mol. The topological polar surface area (TPSA) is 59.1 Å². The van der Waals surface area contributed by atoms with Crippen LogP contribution in [0.25, 0.3) is 0 Å². The molecule has 110 valence electrons. The lowest BCUT2D eigenvalue weighted by Gasteiger charge is -2.33. The van der Waals surface area contributed by atoms with Gasteiger partial charge in [0, 0.05) is 12.2 Å². The van der Waals surface area contributed by atoms with Crippen LogP contribution in [0.2, 0.25) is 0 Å². The molecule has 0 aliphatic rings. The number of halogens is 6. The van der Waals surface area contributed by atoms with Gasteiger partial charge in [0.15, 0.2) is 5.01 Å². The molecule has 0 aliphatic carbocycles. The highest BCUT2D eigenvalue weighted by molar-refractivity contribution is 7.11. The minimum absolute atomic E-state index is 0.269. The SMILES string of the molecule is CCC(N)C(O)(c1cnc(C(F)(F)F)s1)C(F)(F)F. The summed E-state index contributed by atoms with van der Waals surface area (Å²) >= 11 is -0.269. The van der Waals surface area contributed by atoms with Gasteiger partial charge in [-0.05, 0) is 6.42 Å². The van der Waals surface area contributed by atoms with Crippen molar-refractivity contribution in [2.45, 2.75) is 37.3 Å². The van der Waals surface area contributed by atoms with Crippen LogP contribution in [0.5, 0.6) is 0 Å². The highest BCUT2D eigenvalue weighted by atomic mass is 32.1. The summed E-state index contributed by atoms with van der Waals surface area (Å²) in [5, 5.41) is 8.26. The van der Waals surface area contributed by atoms with E-state index in [-0.39, 0.29) is 17.8 Å². The van der Waals surface area contributed by atoms with Gasteiger partial charge in [0.1, 0.15) is 0 Å². The predicted octanol–water partition coefficient (Wildman–Crippen LogP) is 2.65. The molecule has 1 rings (SSSR count). The van der Waals surface area contributed by atoms with E-state index in [0.717, 1.165) is 0 Å². The second kappa shape index (κ2) is 4.91. The van der Waals surface area contributed by atoms with Crippen molar-refractivity contribution in [3.8, 4) is 0 Å². The standard InChI is InChI=1S/C9H10F6N2OS/c1-2-4(16)7(18,9(13,14)15)5-3-17-6(19-5)8(10,11)12/h3-4,18H,2,16H2,1H3. The Hall–Kier alpha value is -0.870. The Labute approximate surface area is 108 Å². The van der Waals surface area contributed by atoms with Gasteiger partial charge in [-0.3, -0.25) is 0 Å². The number of aliphatic hydroxyl groups is 1. The first-order chi connectivity index (χ1) is 8.44. The van der Waals surface area contributed by atoms with Crippen LogP contribution < -0.4 is 5.73 Å². The summed E-state index contributed by atoms with van der Waals surface area (Å²) in [4.78, 5) is 1.89. The first-order valence-electron chi connectivity index (χ1n) is 5.02. The quantitative estimate of drug-likeness (QED) is 0.844. The largest absolute Gasteiger partial charge is 0.443 e. The van der Waals surface area contributed by atoms with Crippen LogP contribution in [0.1, 0.15) is 23.2 Å². The molecule has 0 aromatic carbocycles. The molecule has 0 aliphatic heterocycles. The molecule has 0 amide bonds. The average molecular weight is 308 g/mol. The molecule has 0 bridgehead atoms. The third kappa shape index (κ3) is 2.84. The molecular weight excluding hydrogens is 298 g/mol. The first kappa shape index (κ1) is 16.2. The van der Waals surface area contributed by atoms with Gasteiger partial charge < -0.3 is 10.8 Å². The third-order valence-corrected chi connectivity index (χ3v) is 3.70. The van der Waals surface area contributed by atoms with Gasteiger partial charge in [-0.1, -0.05) is 6.92 Å². The van der Waals surface area contributed by atoms with Crippen molar-refractivity contribution in [1.82, 2.24) is 4.98 Å². The molecule has 1 heterocycles. The average Bonchev–Trinajstić information content (AvgIpc) is 2.74. The van der Waals surface area contributed by atoms with Crippen molar-refractivity contribution in [2.75, 3.05) is 0 Å². The Morgan fingerprint density at radius 1 is 1.32 bits per heavy atom. The molecule has 1 aromatic rings. The fraction of sp³-hybridized carbons (Fsp3) is 0.667. The maximum Gasteiger partial charge on any atom is 0.443 e. The van der Waals surface area contributed by atoms with Crippen LogP contribution in [-0.2, 0) is 11.8 Å². The molecule has 2 atom stereocenters. The maximum absolute atomic E-state index is 12.9.